The van der Waals surface area contributed by atoms with Crippen LogP contribution >= 0.6 is 19.2 Å². The first-order valence-electron chi connectivity index (χ1n) is 3.81. The Bertz CT molecular complexity index is 14.3. The molecule has 0 bridgehead atoms. The normalized spacial score (nSPS) is 5.55. The first-order chi connectivity index (χ1) is 5.24. The van der Waals surface area contributed by atoms with E-state index in [9.17, 15) is 0 Å². The third kappa shape index (κ3) is 489. The van der Waals surface area contributed by atoms with Crippen LogP contribution in [0.5, 0.6) is 0 Å². The van der Waals surface area contributed by atoms with Gasteiger partial charge in [-0.05, 0) is 0 Å². The van der Waals surface area contributed by atoms with Gasteiger partial charge in [0.15, 0.2) is 0 Å². The van der Waals surface area contributed by atoms with E-state index in [0.29, 0.717) is 0 Å². The van der Waals surface area contributed by atoms with E-state index >= 15 is 0 Å². The van der Waals surface area contributed by atoms with Crippen molar-refractivity contribution in [3.63, 3.8) is 0 Å². The van der Waals surface area contributed by atoms with Gasteiger partial charge >= 0.3 is 35.9 Å². The first-order valence-corrected chi connectivity index (χ1v) is 8.85. The van der Waals surface area contributed by atoms with Crippen LogP contribution in [0.25, 0.3) is 0 Å². The van der Waals surface area contributed by atoms with Crippen molar-refractivity contribution in [2.24, 2.45) is 0 Å². The van der Waals surface area contributed by atoms with Crippen LogP contribution in [-0.4, -0.2) is 0 Å². The molecule has 0 saturated carbocycles. The van der Waals surface area contributed by atoms with Crippen LogP contribution in [0.15, 0.2) is 0 Å². The fourth-order valence-electron chi connectivity index (χ4n) is 0. The Hall–Kier alpha value is 1.44. The van der Waals surface area contributed by atoms with E-state index in [4.69, 9.17) is 0 Å². The number of hydrogen-bond acceptors (Lipinski definition) is 0. The molecule has 0 aromatic heterocycles. The van der Waals surface area contributed by atoms with Crippen LogP contribution < -0.4 is 0 Å². The number of halogens is 1. The van der Waals surface area contributed by atoms with E-state index in [-0.39, 0.29) is 0 Å². The molecule has 0 unspecified atom stereocenters. The van der Waals surface area contributed by atoms with Crippen molar-refractivity contribution < 1.29 is 16.7 Å². The molecular weight excluding hydrogens is 283 g/mol. The Morgan fingerprint density at radius 3 is 0.818 bits per heavy atom. The summed E-state index contributed by atoms with van der Waals surface area (Å²) >= 11 is 4.12. The van der Waals surface area contributed by atoms with Crippen LogP contribution in [0.4, 0.5) is 0 Å². The van der Waals surface area contributed by atoms with E-state index in [2.05, 4.69) is 40.0 Å². The summed E-state index contributed by atoms with van der Waals surface area (Å²) in [5.41, 5.74) is 0. The van der Waals surface area contributed by atoms with Crippen molar-refractivity contribution in [3.05, 3.63) is 20.8 Å². The fraction of sp³-hybridized carbons (Fsp3) is 0.667. The molecule has 0 saturated heterocycles. The minimum atomic E-state index is 1.00. The van der Waals surface area contributed by atoms with Crippen molar-refractivity contribution in [2.45, 2.75) is 40.0 Å². The number of hydrogen-bond donors (Lipinski definition) is 0. The summed E-state index contributed by atoms with van der Waals surface area (Å²) in [4.78, 5) is 0. The average Bonchev–Trinajstić information content (AvgIpc) is 1.96. The Kier molecular flexibility index (Phi) is 131. The van der Waals surface area contributed by atoms with E-state index in [1.165, 1.54) is 0 Å². The van der Waals surface area contributed by atoms with Gasteiger partial charge in [-0.3, -0.25) is 0 Å². The predicted molar refractivity (Wildman–Crippen MR) is 61.0 cm³/mol. The molecule has 0 aliphatic carbocycles. The SMILES string of the molecule is [CH2-]CC.[CH2-]CC.[CH2-]CC.[Ti+3][I]. The molecule has 0 atom stereocenters. The van der Waals surface area contributed by atoms with Gasteiger partial charge in [-0.2, -0.15) is 19.3 Å². The predicted octanol–water partition coefficient (Wildman–Crippen LogP) is 4.57. The summed E-state index contributed by atoms with van der Waals surface area (Å²) in [7, 11) is 0. The van der Waals surface area contributed by atoms with Gasteiger partial charge in [0.1, 0.15) is 0 Å². The molecule has 0 heterocycles. The van der Waals surface area contributed by atoms with Crippen molar-refractivity contribution in [1.82, 2.24) is 0 Å². The van der Waals surface area contributed by atoms with Crippen LogP contribution in [-0.2, 0) is 16.7 Å². The molecule has 0 N–H and O–H groups in total. The average molecular weight is 304 g/mol. The molecule has 0 rings (SSSR count). The molecule has 0 aliphatic heterocycles. The molecule has 0 aromatic rings. The molecule has 0 amide bonds. The molecule has 2 heteroatoms. The van der Waals surface area contributed by atoms with E-state index in [1.54, 1.807) is 0 Å². The van der Waals surface area contributed by atoms with Crippen molar-refractivity contribution in [3.8, 4) is 0 Å². The third-order valence-corrected chi connectivity index (χ3v) is 0. The second-order valence-corrected chi connectivity index (χ2v) is 1.50. The van der Waals surface area contributed by atoms with Gasteiger partial charge in [0.05, 0.1) is 0 Å². The van der Waals surface area contributed by atoms with Crippen LogP contribution in [0.3, 0.4) is 0 Å². The Morgan fingerprint density at radius 2 is 0.818 bits per heavy atom. The summed E-state index contributed by atoms with van der Waals surface area (Å²) in [5, 5.41) is 0. The van der Waals surface area contributed by atoms with Gasteiger partial charge in [0.2, 0.25) is 0 Å². The first kappa shape index (κ1) is 22.9. The Balaban J connectivity index is -0.0000000301. The molecule has 0 aromatic carbocycles. The molecule has 0 aliphatic rings. The zero-order valence-corrected chi connectivity index (χ0v) is 11.8. The van der Waals surface area contributed by atoms with E-state index < -0.39 is 0 Å². The van der Waals surface area contributed by atoms with Gasteiger partial charge in [-0.1, -0.05) is 20.8 Å². The molecule has 0 spiro atoms. The van der Waals surface area contributed by atoms with Gasteiger partial charge < -0.3 is 20.8 Å². The summed E-state index contributed by atoms with van der Waals surface area (Å²) in [6.45, 7) is 16.5. The Labute approximate surface area is 96.0 Å². The minimum absolute atomic E-state index is 1.00. The standard InChI is InChI=1S/3C3H7.HI.Ti/c3*1-3-2;;/h3*1,3H2,2H3;1H;/q3*-1;;+4/p-1. The van der Waals surface area contributed by atoms with Crippen LogP contribution in [0.1, 0.15) is 40.0 Å². The maximum atomic E-state index is 3.49. The molecule has 11 heavy (non-hydrogen) atoms. The summed E-state index contributed by atoms with van der Waals surface area (Å²) in [5.74, 6) is 0. The van der Waals surface area contributed by atoms with Crippen molar-refractivity contribution >= 4 is 19.2 Å². The Morgan fingerprint density at radius 1 is 0.818 bits per heavy atom. The van der Waals surface area contributed by atoms with Crippen LogP contribution in [0.2, 0.25) is 0 Å². The van der Waals surface area contributed by atoms with Gasteiger partial charge in [-0.15, -0.1) is 0 Å². The molecule has 0 fully saturated rings. The van der Waals surface area contributed by atoms with Crippen molar-refractivity contribution in [2.75, 3.05) is 0 Å². The number of rotatable bonds is 0. The van der Waals surface area contributed by atoms with Gasteiger partial charge in [-0.25, -0.2) is 0 Å². The topological polar surface area (TPSA) is 0 Å². The van der Waals surface area contributed by atoms with E-state index in [1.807, 2.05) is 37.5 Å². The summed E-state index contributed by atoms with van der Waals surface area (Å²) in [6, 6.07) is 0. The molecular formula is C9H21ITi. The maximum absolute atomic E-state index is 3.49. The monoisotopic (exact) mass is 304 g/mol. The van der Waals surface area contributed by atoms with Gasteiger partial charge in [0, 0.05) is 0 Å². The zero-order chi connectivity index (χ0) is 10.1. The molecule has 0 nitrogen and oxygen atoms in total. The fourth-order valence-corrected chi connectivity index (χ4v) is 0. The quantitative estimate of drug-likeness (QED) is 0.349. The molecule has 68 valence electrons. The van der Waals surface area contributed by atoms with Crippen LogP contribution in [0, 0.1) is 20.8 Å². The second kappa shape index (κ2) is 63.2. The van der Waals surface area contributed by atoms with Crippen molar-refractivity contribution in [1.29, 1.82) is 0 Å². The molecule has 0 radical (unpaired) electrons. The third-order valence-electron chi connectivity index (χ3n) is 0. The van der Waals surface area contributed by atoms with Gasteiger partial charge in [0.25, 0.3) is 0 Å². The zero-order valence-electron chi connectivity index (χ0n) is 8.12. The summed E-state index contributed by atoms with van der Waals surface area (Å²) in [6.07, 6.45) is 3.00. The van der Waals surface area contributed by atoms with E-state index in [0.717, 1.165) is 19.3 Å². The summed E-state index contributed by atoms with van der Waals surface area (Å²) < 4.78 is 0. The second-order valence-electron chi connectivity index (χ2n) is 1.50.